The monoisotopic (exact) mass is 414 g/mol. The van der Waals surface area contributed by atoms with Crippen molar-refractivity contribution in [3.63, 3.8) is 0 Å². The van der Waals surface area contributed by atoms with Crippen LogP contribution in [0.3, 0.4) is 0 Å². The Balaban J connectivity index is 1.66. The van der Waals surface area contributed by atoms with E-state index < -0.39 is 17.0 Å². The fraction of sp³-hybridized carbons (Fsp3) is 0.435. The van der Waals surface area contributed by atoms with Gasteiger partial charge >= 0.3 is 5.97 Å². The summed E-state index contributed by atoms with van der Waals surface area (Å²) in [7, 11) is 0. The molecule has 1 aliphatic carbocycles. The predicted octanol–water partition coefficient (Wildman–Crippen LogP) is 4.70. The smallest absolute Gasteiger partial charge is 0.339 e. The molecule has 2 aromatic rings. The number of carbonyl (C=O) groups is 1. The van der Waals surface area contributed by atoms with E-state index in [-0.39, 0.29) is 10.7 Å². The van der Waals surface area contributed by atoms with Crippen LogP contribution < -0.4 is 0 Å². The van der Waals surface area contributed by atoms with Crippen LogP contribution in [0.15, 0.2) is 54.6 Å². The Morgan fingerprint density at radius 2 is 1.68 bits per heavy atom. The van der Waals surface area contributed by atoms with Gasteiger partial charge in [-0.25, -0.2) is 4.79 Å². The molecule has 0 radical (unpaired) electrons. The first kappa shape index (κ1) is 19.9. The van der Waals surface area contributed by atoms with E-state index in [1.165, 1.54) is 5.56 Å². The maximum absolute atomic E-state index is 13.2. The third kappa shape index (κ3) is 3.38. The largest absolute Gasteiger partial charge is 0.459 e. The first-order chi connectivity index (χ1) is 13.4. The molecule has 1 saturated carbocycles. The van der Waals surface area contributed by atoms with E-state index in [9.17, 15) is 9.90 Å². The average Bonchev–Trinajstić information content (AvgIpc) is 3.23. The molecular weight excluding hydrogens is 388 g/mol. The molecule has 148 valence electrons. The van der Waals surface area contributed by atoms with E-state index in [0.717, 1.165) is 29.1 Å². The zero-order chi connectivity index (χ0) is 19.8. The fourth-order valence-corrected chi connectivity index (χ4v) is 8.08. The molecule has 2 aromatic carbocycles. The quantitative estimate of drug-likeness (QED) is 0.735. The lowest BCUT2D eigenvalue weighted by Gasteiger charge is -2.37. The number of aliphatic hydroxyl groups is 1. The molecule has 1 heterocycles. The Morgan fingerprint density at radius 1 is 1.04 bits per heavy atom. The summed E-state index contributed by atoms with van der Waals surface area (Å²) in [5, 5.41) is 11.8. The van der Waals surface area contributed by atoms with Crippen LogP contribution in [0.5, 0.6) is 0 Å². The molecule has 4 rings (SSSR count). The summed E-state index contributed by atoms with van der Waals surface area (Å²) in [5.74, 6) is 1.61. The first-order valence-corrected chi connectivity index (χ1v) is 11.6. The SMILES string of the molecule is Cc1ccc([C@@]2(C)CC3(C[C@]2(O)C(=O)OCc2ccccc2)SCCS3)cc1. The van der Waals surface area contributed by atoms with Crippen LogP contribution in [0.4, 0.5) is 0 Å². The van der Waals surface area contributed by atoms with Crippen molar-refractivity contribution in [2.75, 3.05) is 11.5 Å². The number of hydrogen-bond donors (Lipinski definition) is 1. The van der Waals surface area contributed by atoms with Crippen molar-refractivity contribution in [2.24, 2.45) is 0 Å². The molecule has 0 amide bonds. The predicted molar refractivity (Wildman–Crippen MR) is 117 cm³/mol. The zero-order valence-corrected chi connectivity index (χ0v) is 17.9. The number of ether oxygens (including phenoxy) is 1. The Kier molecular flexibility index (Phi) is 5.27. The van der Waals surface area contributed by atoms with Gasteiger partial charge in [-0.15, -0.1) is 23.5 Å². The molecule has 0 aromatic heterocycles. The number of rotatable bonds is 4. The summed E-state index contributed by atoms with van der Waals surface area (Å²) >= 11 is 3.76. The minimum Gasteiger partial charge on any atom is -0.459 e. The van der Waals surface area contributed by atoms with Gasteiger partial charge < -0.3 is 9.84 Å². The van der Waals surface area contributed by atoms with Crippen molar-refractivity contribution in [3.8, 4) is 0 Å². The number of benzene rings is 2. The molecule has 2 aliphatic rings. The van der Waals surface area contributed by atoms with E-state index in [0.29, 0.717) is 6.42 Å². The molecule has 28 heavy (non-hydrogen) atoms. The van der Waals surface area contributed by atoms with E-state index in [1.807, 2.05) is 79.8 Å². The molecule has 0 bridgehead atoms. The molecule has 0 unspecified atom stereocenters. The lowest BCUT2D eigenvalue weighted by atomic mass is 9.70. The van der Waals surface area contributed by atoms with Crippen molar-refractivity contribution in [3.05, 3.63) is 71.3 Å². The summed E-state index contributed by atoms with van der Waals surface area (Å²) < 4.78 is 5.53. The van der Waals surface area contributed by atoms with Gasteiger partial charge in [0, 0.05) is 23.3 Å². The van der Waals surface area contributed by atoms with Crippen molar-refractivity contribution in [1.82, 2.24) is 0 Å². The van der Waals surface area contributed by atoms with Crippen molar-refractivity contribution >= 4 is 29.5 Å². The third-order valence-corrected chi connectivity index (χ3v) is 9.53. The van der Waals surface area contributed by atoms with E-state index in [4.69, 9.17) is 4.74 Å². The van der Waals surface area contributed by atoms with Crippen LogP contribution >= 0.6 is 23.5 Å². The van der Waals surface area contributed by atoms with E-state index >= 15 is 0 Å². The van der Waals surface area contributed by atoms with Gasteiger partial charge in [-0.3, -0.25) is 0 Å². The fourth-order valence-electron chi connectivity index (χ4n) is 4.44. The van der Waals surface area contributed by atoms with Gasteiger partial charge in [-0.05, 0) is 24.5 Å². The zero-order valence-electron chi connectivity index (χ0n) is 16.3. The van der Waals surface area contributed by atoms with E-state index in [2.05, 4.69) is 12.1 Å². The molecule has 3 nitrogen and oxygen atoms in total. The molecule has 1 saturated heterocycles. The van der Waals surface area contributed by atoms with Crippen molar-refractivity contribution < 1.29 is 14.6 Å². The number of hydrogen-bond acceptors (Lipinski definition) is 5. The van der Waals surface area contributed by atoms with Crippen LogP contribution in [0, 0.1) is 6.92 Å². The molecule has 1 spiro atoms. The van der Waals surface area contributed by atoms with Crippen molar-refractivity contribution in [1.29, 1.82) is 0 Å². The summed E-state index contributed by atoms with van der Waals surface area (Å²) in [6.07, 6.45) is 1.18. The Hall–Kier alpha value is -1.43. The second kappa shape index (κ2) is 7.43. The molecule has 2 fully saturated rings. The van der Waals surface area contributed by atoms with Crippen LogP contribution in [-0.2, 0) is 21.6 Å². The lowest BCUT2D eigenvalue weighted by molar-refractivity contribution is -0.172. The van der Waals surface area contributed by atoms with Gasteiger partial charge in [-0.1, -0.05) is 67.1 Å². The second-order valence-electron chi connectivity index (χ2n) is 8.08. The van der Waals surface area contributed by atoms with Crippen LogP contribution in [0.2, 0.25) is 0 Å². The number of carbonyl (C=O) groups excluding carboxylic acids is 1. The van der Waals surface area contributed by atoms with Crippen molar-refractivity contribution in [2.45, 2.75) is 48.4 Å². The Labute approximate surface area is 175 Å². The molecule has 1 aliphatic heterocycles. The molecule has 2 atom stereocenters. The highest BCUT2D eigenvalue weighted by atomic mass is 32.2. The minimum atomic E-state index is -1.54. The standard InChI is InChI=1S/C23H26O3S2/c1-17-8-10-19(11-9-17)21(2)15-22(27-12-13-28-22)16-23(21,25)20(24)26-14-18-6-4-3-5-7-18/h3-11,25H,12-16H2,1-2H3/t21-,23+/m1/s1. The van der Waals surface area contributed by atoms with Crippen LogP contribution in [0.1, 0.15) is 36.5 Å². The highest BCUT2D eigenvalue weighted by Gasteiger charge is 2.67. The lowest BCUT2D eigenvalue weighted by Crippen LogP contribution is -2.52. The summed E-state index contributed by atoms with van der Waals surface area (Å²) in [6, 6.07) is 17.8. The normalized spacial score (nSPS) is 28.5. The van der Waals surface area contributed by atoms with Crippen LogP contribution in [0.25, 0.3) is 0 Å². The highest BCUT2D eigenvalue weighted by molar-refractivity contribution is 8.21. The van der Waals surface area contributed by atoms with Gasteiger partial charge in [0.25, 0.3) is 0 Å². The number of aryl methyl sites for hydroxylation is 1. The molecule has 5 heteroatoms. The number of esters is 1. The van der Waals surface area contributed by atoms with Gasteiger partial charge in [-0.2, -0.15) is 0 Å². The highest BCUT2D eigenvalue weighted by Crippen LogP contribution is 2.64. The van der Waals surface area contributed by atoms with Gasteiger partial charge in [0.1, 0.15) is 6.61 Å². The topological polar surface area (TPSA) is 46.5 Å². The van der Waals surface area contributed by atoms with Gasteiger partial charge in [0.2, 0.25) is 0 Å². The summed E-state index contributed by atoms with van der Waals surface area (Å²) in [6.45, 7) is 4.25. The summed E-state index contributed by atoms with van der Waals surface area (Å²) in [4.78, 5) is 13.2. The third-order valence-electron chi connectivity index (χ3n) is 6.11. The second-order valence-corrected chi connectivity index (χ2v) is 11.3. The van der Waals surface area contributed by atoms with Gasteiger partial charge in [0.05, 0.1) is 4.08 Å². The first-order valence-electron chi connectivity index (χ1n) is 9.66. The average molecular weight is 415 g/mol. The maximum Gasteiger partial charge on any atom is 0.339 e. The molecule has 1 N–H and O–H groups in total. The Morgan fingerprint density at radius 3 is 2.32 bits per heavy atom. The Bertz CT molecular complexity index is 846. The number of thioether (sulfide) groups is 2. The van der Waals surface area contributed by atoms with Gasteiger partial charge in [0.15, 0.2) is 5.60 Å². The summed E-state index contributed by atoms with van der Waals surface area (Å²) in [5.41, 5.74) is 0.871. The van der Waals surface area contributed by atoms with E-state index in [1.54, 1.807) is 0 Å². The minimum absolute atomic E-state index is 0.125. The van der Waals surface area contributed by atoms with Crippen LogP contribution in [-0.4, -0.2) is 32.3 Å². The molecular formula is C23H26O3S2. The maximum atomic E-state index is 13.2.